The maximum Gasteiger partial charge on any atom is 0.409 e. The predicted octanol–water partition coefficient (Wildman–Crippen LogP) is 3.24. The summed E-state index contributed by atoms with van der Waals surface area (Å²) >= 11 is 0. The maximum atomic E-state index is 12.5. The summed E-state index contributed by atoms with van der Waals surface area (Å²) in [6.07, 6.45) is 2.90. The van der Waals surface area contributed by atoms with Gasteiger partial charge in [0.1, 0.15) is 5.69 Å². The monoisotopic (exact) mass is 393 g/mol. The molecule has 0 aliphatic carbocycles. The van der Waals surface area contributed by atoms with Crippen molar-refractivity contribution in [2.24, 2.45) is 0 Å². The van der Waals surface area contributed by atoms with Crippen LogP contribution >= 0.6 is 0 Å². The molecular formula is C21H23N5O3. The molecule has 0 saturated carbocycles. The summed E-state index contributed by atoms with van der Waals surface area (Å²) in [5.41, 5.74) is 2.09. The number of hydrogen-bond donors (Lipinski definition) is 2. The van der Waals surface area contributed by atoms with Crippen molar-refractivity contribution in [1.29, 1.82) is 5.26 Å². The van der Waals surface area contributed by atoms with Gasteiger partial charge in [-0.1, -0.05) is 6.07 Å². The third kappa shape index (κ3) is 5.45. The molecule has 1 aromatic carbocycles. The van der Waals surface area contributed by atoms with Crippen LogP contribution in [0.1, 0.15) is 35.8 Å². The number of carbonyl (C=O) groups excluding carboxylic acids is 2. The van der Waals surface area contributed by atoms with Gasteiger partial charge in [-0.15, -0.1) is 0 Å². The first-order chi connectivity index (χ1) is 14.1. The second-order valence-electron chi connectivity index (χ2n) is 6.68. The van der Waals surface area contributed by atoms with Crippen molar-refractivity contribution in [3.63, 3.8) is 0 Å². The van der Waals surface area contributed by atoms with Crippen LogP contribution in [0.4, 0.5) is 16.2 Å². The first-order valence-corrected chi connectivity index (χ1v) is 9.55. The predicted molar refractivity (Wildman–Crippen MR) is 109 cm³/mol. The largest absolute Gasteiger partial charge is 0.450 e. The van der Waals surface area contributed by atoms with E-state index in [4.69, 9.17) is 10.00 Å². The molecule has 1 saturated heterocycles. The van der Waals surface area contributed by atoms with E-state index in [1.807, 2.05) is 12.1 Å². The molecule has 1 aromatic heterocycles. The highest BCUT2D eigenvalue weighted by Crippen LogP contribution is 2.18. The summed E-state index contributed by atoms with van der Waals surface area (Å²) in [6, 6.07) is 12.5. The molecule has 8 heteroatoms. The number of ether oxygens (including phenoxy) is 1. The van der Waals surface area contributed by atoms with Crippen molar-refractivity contribution in [2.45, 2.75) is 25.8 Å². The third-order valence-electron chi connectivity index (χ3n) is 4.63. The summed E-state index contributed by atoms with van der Waals surface area (Å²) in [6.45, 7) is 3.43. The number of anilines is 2. The molecule has 2 aromatic rings. The van der Waals surface area contributed by atoms with Gasteiger partial charge in [0.05, 0.1) is 18.2 Å². The van der Waals surface area contributed by atoms with Crippen LogP contribution in [0.5, 0.6) is 0 Å². The molecule has 0 bridgehead atoms. The third-order valence-corrected chi connectivity index (χ3v) is 4.63. The maximum absolute atomic E-state index is 12.5. The van der Waals surface area contributed by atoms with Gasteiger partial charge in [-0.2, -0.15) is 5.26 Å². The molecular weight excluding hydrogens is 370 g/mol. The van der Waals surface area contributed by atoms with Crippen molar-refractivity contribution >= 4 is 23.4 Å². The van der Waals surface area contributed by atoms with E-state index in [-0.39, 0.29) is 23.7 Å². The Morgan fingerprint density at radius 3 is 2.76 bits per heavy atom. The Kier molecular flexibility index (Phi) is 6.63. The average molecular weight is 393 g/mol. The van der Waals surface area contributed by atoms with Crippen molar-refractivity contribution in [1.82, 2.24) is 9.88 Å². The minimum Gasteiger partial charge on any atom is -0.450 e. The van der Waals surface area contributed by atoms with E-state index >= 15 is 0 Å². The fraction of sp³-hybridized carbons (Fsp3) is 0.333. The van der Waals surface area contributed by atoms with Crippen LogP contribution in [0.25, 0.3) is 0 Å². The Balaban J connectivity index is 1.58. The normalized spacial score (nSPS) is 14.0. The summed E-state index contributed by atoms with van der Waals surface area (Å²) in [5, 5.41) is 15.1. The Morgan fingerprint density at radius 2 is 2.03 bits per heavy atom. The van der Waals surface area contributed by atoms with E-state index in [0.717, 1.165) is 18.5 Å². The van der Waals surface area contributed by atoms with E-state index < -0.39 is 0 Å². The number of nitrogens with zero attached hydrogens (tertiary/aromatic N) is 3. The molecule has 2 amide bonds. The molecule has 150 valence electrons. The van der Waals surface area contributed by atoms with Crippen molar-refractivity contribution in [3.8, 4) is 6.07 Å². The fourth-order valence-electron chi connectivity index (χ4n) is 3.16. The SMILES string of the molecule is CCOC(=O)N1CCC(Nc2ccnc(C(=O)Nc3cccc(C#N)c3)c2)CC1. The van der Waals surface area contributed by atoms with Gasteiger partial charge < -0.3 is 20.3 Å². The molecule has 1 fully saturated rings. The molecule has 0 atom stereocenters. The van der Waals surface area contributed by atoms with Gasteiger partial charge in [0.25, 0.3) is 5.91 Å². The van der Waals surface area contributed by atoms with Crippen LogP contribution in [0, 0.1) is 11.3 Å². The summed E-state index contributed by atoms with van der Waals surface area (Å²) in [4.78, 5) is 30.1. The van der Waals surface area contributed by atoms with Crippen molar-refractivity contribution in [3.05, 3.63) is 53.9 Å². The highest BCUT2D eigenvalue weighted by atomic mass is 16.6. The van der Waals surface area contributed by atoms with Gasteiger partial charge in [0.2, 0.25) is 0 Å². The molecule has 2 heterocycles. The number of hydrogen-bond acceptors (Lipinski definition) is 6. The molecule has 2 N–H and O–H groups in total. The van der Waals surface area contributed by atoms with Crippen LogP contribution in [0.3, 0.4) is 0 Å². The van der Waals surface area contributed by atoms with E-state index in [1.165, 1.54) is 0 Å². The van der Waals surface area contributed by atoms with Crippen LogP contribution in [0.2, 0.25) is 0 Å². The number of carbonyl (C=O) groups is 2. The van der Waals surface area contributed by atoms with Gasteiger partial charge in [-0.05, 0) is 50.1 Å². The minimum absolute atomic E-state index is 0.200. The Bertz CT molecular complexity index is 917. The zero-order valence-corrected chi connectivity index (χ0v) is 16.2. The molecule has 29 heavy (non-hydrogen) atoms. The van der Waals surface area contributed by atoms with Gasteiger partial charge in [0, 0.05) is 36.7 Å². The number of piperidine rings is 1. The second kappa shape index (κ2) is 9.55. The number of pyridine rings is 1. The standard InChI is InChI=1S/C21H23N5O3/c1-2-29-21(28)26-10-7-16(8-11-26)24-18-6-9-23-19(13-18)20(27)25-17-5-3-4-15(12-17)14-22/h3-6,9,12-13,16H,2,7-8,10-11H2,1H3,(H,23,24)(H,25,27). The highest BCUT2D eigenvalue weighted by Gasteiger charge is 2.23. The van der Waals surface area contributed by atoms with E-state index in [0.29, 0.717) is 30.9 Å². The van der Waals surface area contributed by atoms with Crippen LogP contribution in [-0.2, 0) is 4.74 Å². The first-order valence-electron chi connectivity index (χ1n) is 9.55. The number of amides is 2. The highest BCUT2D eigenvalue weighted by molar-refractivity contribution is 6.03. The van der Waals surface area contributed by atoms with Gasteiger partial charge in [-0.25, -0.2) is 4.79 Å². The van der Waals surface area contributed by atoms with Crippen LogP contribution in [-0.4, -0.2) is 47.6 Å². The van der Waals surface area contributed by atoms with Crippen molar-refractivity contribution < 1.29 is 14.3 Å². The summed E-state index contributed by atoms with van der Waals surface area (Å²) in [7, 11) is 0. The number of nitrogens with one attached hydrogen (secondary N) is 2. The number of nitriles is 1. The van der Waals surface area contributed by atoms with Gasteiger partial charge >= 0.3 is 6.09 Å². The number of benzene rings is 1. The molecule has 8 nitrogen and oxygen atoms in total. The molecule has 1 aliphatic rings. The quantitative estimate of drug-likeness (QED) is 0.807. The minimum atomic E-state index is -0.346. The van der Waals surface area contributed by atoms with E-state index in [9.17, 15) is 9.59 Å². The molecule has 0 unspecified atom stereocenters. The Hall–Kier alpha value is -3.60. The Morgan fingerprint density at radius 1 is 1.24 bits per heavy atom. The smallest absolute Gasteiger partial charge is 0.409 e. The van der Waals surface area contributed by atoms with E-state index in [1.54, 1.807) is 48.4 Å². The number of rotatable bonds is 5. The topological polar surface area (TPSA) is 107 Å². The van der Waals surface area contributed by atoms with Gasteiger partial charge in [0.15, 0.2) is 0 Å². The van der Waals surface area contributed by atoms with Crippen molar-refractivity contribution in [2.75, 3.05) is 30.3 Å². The molecule has 3 rings (SSSR count). The summed E-state index contributed by atoms with van der Waals surface area (Å²) in [5.74, 6) is -0.346. The lowest BCUT2D eigenvalue weighted by molar-refractivity contribution is 0.0981. The fourth-order valence-corrected chi connectivity index (χ4v) is 3.16. The lowest BCUT2D eigenvalue weighted by atomic mass is 10.1. The van der Waals surface area contributed by atoms with Crippen LogP contribution in [0.15, 0.2) is 42.6 Å². The van der Waals surface area contributed by atoms with E-state index in [2.05, 4.69) is 15.6 Å². The average Bonchev–Trinajstić information content (AvgIpc) is 2.75. The molecule has 1 aliphatic heterocycles. The lowest BCUT2D eigenvalue weighted by Crippen LogP contribution is -2.42. The summed E-state index contributed by atoms with van der Waals surface area (Å²) < 4.78 is 5.04. The molecule has 0 spiro atoms. The van der Waals surface area contributed by atoms with Crippen LogP contribution < -0.4 is 10.6 Å². The zero-order valence-electron chi connectivity index (χ0n) is 16.2. The molecule has 0 radical (unpaired) electrons. The Labute approximate surface area is 169 Å². The first kappa shape index (κ1) is 20.1. The number of likely N-dealkylation sites (tertiary alicyclic amines) is 1. The lowest BCUT2D eigenvalue weighted by Gasteiger charge is -2.32. The second-order valence-corrected chi connectivity index (χ2v) is 6.68. The number of aromatic nitrogens is 1. The zero-order chi connectivity index (χ0) is 20.6. The van der Waals surface area contributed by atoms with Gasteiger partial charge in [-0.3, -0.25) is 9.78 Å².